The maximum atomic E-state index is 13.1. The average Bonchev–Trinajstić information content (AvgIpc) is 3.20. The molecule has 3 aromatic rings. The van der Waals surface area contributed by atoms with Crippen LogP contribution in [0.4, 0.5) is 5.13 Å². The van der Waals surface area contributed by atoms with E-state index in [0.717, 1.165) is 16.4 Å². The van der Waals surface area contributed by atoms with Gasteiger partial charge in [-0.2, -0.15) is 0 Å². The summed E-state index contributed by atoms with van der Waals surface area (Å²) in [5, 5.41) is 3.73. The van der Waals surface area contributed by atoms with Crippen molar-refractivity contribution in [3.8, 4) is 11.3 Å². The zero-order valence-electron chi connectivity index (χ0n) is 15.5. The fourth-order valence-corrected chi connectivity index (χ4v) is 7.35. The van der Waals surface area contributed by atoms with Crippen molar-refractivity contribution in [2.45, 2.75) is 23.0 Å². The molecule has 2 aromatic carbocycles. The van der Waals surface area contributed by atoms with Gasteiger partial charge in [-0.15, -0.1) is 11.3 Å². The second-order valence-electron chi connectivity index (χ2n) is 6.92. The number of sulfone groups is 1. The van der Waals surface area contributed by atoms with Crippen molar-refractivity contribution in [3.63, 3.8) is 0 Å². The number of anilines is 1. The number of piperidine rings is 1. The number of hydrogen-bond acceptors (Lipinski definition) is 5. The summed E-state index contributed by atoms with van der Waals surface area (Å²) in [6, 6.07) is 10.0. The second kappa shape index (κ2) is 8.85. The average molecular weight is 522 g/mol. The number of hydrogen-bond donors (Lipinski definition) is 0. The Hall–Kier alpha value is -1.02. The van der Waals surface area contributed by atoms with Crippen molar-refractivity contribution >= 4 is 72.7 Å². The van der Waals surface area contributed by atoms with Crippen LogP contribution in [-0.2, 0) is 9.84 Å². The standard InChI is InChI=1S/C20H16Cl4N2O2S2/c21-12-4-5-14(16(23)10-12)17-11-29-20(25-17)26-8-6-13(7-9-26)30(27,28)18-3-1-2-15(22)19(18)24/h1-5,10-11,13H,6-9H2. The first kappa shape index (κ1) is 22.2. The van der Waals surface area contributed by atoms with E-state index in [0.29, 0.717) is 36.0 Å². The Balaban J connectivity index is 1.49. The summed E-state index contributed by atoms with van der Waals surface area (Å²) < 4.78 is 26.1. The van der Waals surface area contributed by atoms with Crippen molar-refractivity contribution in [1.82, 2.24) is 4.98 Å². The molecule has 0 unspecified atom stereocenters. The van der Waals surface area contributed by atoms with Gasteiger partial charge in [0.05, 0.1) is 30.9 Å². The minimum Gasteiger partial charge on any atom is -0.348 e. The van der Waals surface area contributed by atoms with Crippen LogP contribution < -0.4 is 4.90 Å². The third kappa shape index (κ3) is 4.31. The number of benzene rings is 2. The summed E-state index contributed by atoms with van der Waals surface area (Å²) in [6.07, 6.45) is 0.976. The Morgan fingerprint density at radius 1 is 1.00 bits per heavy atom. The lowest BCUT2D eigenvalue weighted by molar-refractivity contribution is 0.529. The SMILES string of the molecule is O=S(=O)(c1cccc(Cl)c1Cl)C1CCN(c2nc(-c3ccc(Cl)cc3Cl)cs2)CC1. The van der Waals surface area contributed by atoms with E-state index in [9.17, 15) is 8.42 Å². The van der Waals surface area contributed by atoms with E-state index in [1.165, 1.54) is 17.4 Å². The highest BCUT2D eigenvalue weighted by Crippen LogP contribution is 2.37. The van der Waals surface area contributed by atoms with Crippen LogP contribution in [0, 0.1) is 0 Å². The lowest BCUT2D eigenvalue weighted by atomic mass is 10.1. The fraction of sp³-hybridized carbons (Fsp3) is 0.250. The molecule has 0 atom stereocenters. The predicted molar refractivity (Wildman–Crippen MR) is 126 cm³/mol. The zero-order valence-corrected chi connectivity index (χ0v) is 20.1. The highest BCUT2D eigenvalue weighted by atomic mass is 35.5. The van der Waals surface area contributed by atoms with Crippen LogP contribution >= 0.6 is 57.7 Å². The maximum Gasteiger partial charge on any atom is 0.185 e. The molecule has 1 fully saturated rings. The molecule has 4 rings (SSSR count). The van der Waals surface area contributed by atoms with E-state index in [1.807, 2.05) is 11.4 Å². The minimum absolute atomic E-state index is 0.0889. The molecule has 30 heavy (non-hydrogen) atoms. The summed E-state index contributed by atoms with van der Waals surface area (Å²) >= 11 is 25.9. The van der Waals surface area contributed by atoms with Gasteiger partial charge in [0, 0.05) is 29.1 Å². The van der Waals surface area contributed by atoms with Gasteiger partial charge in [0.15, 0.2) is 15.0 Å². The van der Waals surface area contributed by atoms with E-state index in [2.05, 4.69) is 4.90 Å². The van der Waals surface area contributed by atoms with Gasteiger partial charge in [-0.3, -0.25) is 0 Å². The monoisotopic (exact) mass is 520 g/mol. The van der Waals surface area contributed by atoms with Crippen molar-refractivity contribution in [2.75, 3.05) is 18.0 Å². The zero-order chi connectivity index (χ0) is 21.5. The van der Waals surface area contributed by atoms with Gasteiger partial charge in [0.25, 0.3) is 0 Å². The van der Waals surface area contributed by atoms with Gasteiger partial charge in [-0.25, -0.2) is 13.4 Å². The molecule has 2 heterocycles. The summed E-state index contributed by atoms with van der Waals surface area (Å²) in [5.41, 5.74) is 1.59. The predicted octanol–water partition coefficient (Wildman–Crippen LogP) is 6.87. The molecule has 158 valence electrons. The molecule has 1 aliphatic heterocycles. The lowest BCUT2D eigenvalue weighted by Gasteiger charge is -2.31. The van der Waals surface area contributed by atoms with Crippen molar-refractivity contribution < 1.29 is 8.42 Å². The van der Waals surface area contributed by atoms with Crippen molar-refractivity contribution in [3.05, 3.63) is 61.9 Å². The smallest absolute Gasteiger partial charge is 0.185 e. The first-order valence-electron chi connectivity index (χ1n) is 9.11. The van der Waals surface area contributed by atoms with Gasteiger partial charge in [0.2, 0.25) is 0 Å². The van der Waals surface area contributed by atoms with Crippen LogP contribution in [0.5, 0.6) is 0 Å². The molecular formula is C20H16Cl4N2O2S2. The third-order valence-corrected chi connectivity index (χ3v) is 9.76. The Morgan fingerprint density at radius 2 is 1.73 bits per heavy atom. The molecule has 4 nitrogen and oxygen atoms in total. The Kier molecular flexibility index (Phi) is 6.54. The van der Waals surface area contributed by atoms with Gasteiger partial charge in [0.1, 0.15) is 0 Å². The topological polar surface area (TPSA) is 50.3 Å². The molecule has 0 radical (unpaired) electrons. The molecule has 0 saturated carbocycles. The third-order valence-electron chi connectivity index (χ3n) is 5.07. The Morgan fingerprint density at radius 3 is 2.43 bits per heavy atom. The molecule has 0 amide bonds. The van der Waals surface area contributed by atoms with Crippen LogP contribution in [0.2, 0.25) is 20.1 Å². The van der Waals surface area contributed by atoms with E-state index < -0.39 is 15.1 Å². The molecule has 1 aliphatic rings. The second-order valence-corrected chi connectivity index (χ2v) is 11.6. The summed E-state index contributed by atoms with van der Waals surface area (Å²) in [6.45, 7) is 1.17. The summed E-state index contributed by atoms with van der Waals surface area (Å²) in [4.78, 5) is 6.90. The quantitative estimate of drug-likeness (QED) is 0.376. The van der Waals surface area contributed by atoms with Gasteiger partial charge in [-0.1, -0.05) is 52.5 Å². The molecule has 0 spiro atoms. The van der Waals surface area contributed by atoms with Crippen molar-refractivity contribution in [2.24, 2.45) is 0 Å². The number of thiazole rings is 1. The molecule has 0 bridgehead atoms. The molecule has 10 heteroatoms. The number of aromatic nitrogens is 1. The summed E-state index contributed by atoms with van der Waals surface area (Å²) in [5.74, 6) is 0. The first-order valence-corrected chi connectivity index (χ1v) is 13.0. The molecule has 1 saturated heterocycles. The van der Waals surface area contributed by atoms with E-state index in [-0.39, 0.29) is 14.9 Å². The highest BCUT2D eigenvalue weighted by molar-refractivity contribution is 7.92. The van der Waals surface area contributed by atoms with Crippen LogP contribution in [0.15, 0.2) is 46.7 Å². The van der Waals surface area contributed by atoms with E-state index >= 15 is 0 Å². The molecule has 0 N–H and O–H groups in total. The molecular weight excluding hydrogens is 506 g/mol. The van der Waals surface area contributed by atoms with Crippen LogP contribution in [0.3, 0.4) is 0 Å². The van der Waals surface area contributed by atoms with Crippen molar-refractivity contribution in [1.29, 1.82) is 0 Å². The lowest BCUT2D eigenvalue weighted by Crippen LogP contribution is -2.39. The van der Waals surface area contributed by atoms with Crippen LogP contribution in [0.25, 0.3) is 11.3 Å². The van der Waals surface area contributed by atoms with Crippen LogP contribution in [-0.4, -0.2) is 31.7 Å². The van der Waals surface area contributed by atoms with Gasteiger partial charge in [-0.05, 0) is 43.2 Å². The molecule has 1 aromatic heterocycles. The largest absolute Gasteiger partial charge is 0.348 e. The Labute approximate surface area is 199 Å². The normalized spacial score (nSPS) is 15.5. The van der Waals surface area contributed by atoms with E-state index in [1.54, 1.807) is 24.3 Å². The number of nitrogens with zero attached hydrogens (tertiary/aromatic N) is 2. The number of halogens is 4. The maximum absolute atomic E-state index is 13.1. The Bertz CT molecular complexity index is 1190. The van der Waals surface area contributed by atoms with Crippen LogP contribution in [0.1, 0.15) is 12.8 Å². The van der Waals surface area contributed by atoms with Gasteiger partial charge >= 0.3 is 0 Å². The number of rotatable bonds is 4. The van der Waals surface area contributed by atoms with Gasteiger partial charge < -0.3 is 4.90 Å². The molecule has 0 aliphatic carbocycles. The minimum atomic E-state index is -3.56. The fourth-order valence-electron chi connectivity index (χ4n) is 3.47. The highest BCUT2D eigenvalue weighted by Gasteiger charge is 2.33. The van der Waals surface area contributed by atoms with E-state index in [4.69, 9.17) is 51.4 Å². The summed E-state index contributed by atoms with van der Waals surface area (Å²) in [7, 11) is -3.56. The first-order chi connectivity index (χ1) is 14.3.